The number of nitrogens with zero attached hydrogens (tertiary/aromatic N) is 2. The second-order valence-corrected chi connectivity index (χ2v) is 7.65. The summed E-state index contributed by atoms with van der Waals surface area (Å²) < 4.78 is 27.9. The minimum absolute atomic E-state index is 0.0417. The molecule has 1 aromatic heterocycles. The number of piperidine rings is 1. The molecule has 0 bridgehead atoms. The zero-order valence-corrected chi connectivity index (χ0v) is 14.1. The third-order valence-corrected chi connectivity index (χ3v) is 6.48. The highest BCUT2D eigenvalue weighted by atomic mass is 32.2. The standard InChI is InChI=1S/C14H26N4O2S/c1-5-15-9-13-14(12(4)16-17-13)21(19,20)18-10(2)7-6-8-11(18)3/h10-11,15H,5-9H2,1-4H3,(H,16,17). The van der Waals surface area contributed by atoms with Gasteiger partial charge in [-0.05, 0) is 40.2 Å². The molecule has 2 N–H and O–H groups in total. The molecule has 0 spiro atoms. The summed E-state index contributed by atoms with van der Waals surface area (Å²) in [7, 11) is -3.51. The van der Waals surface area contributed by atoms with Gasteiger partial charge in [0.15, 0.2) is 0 Å². The summed E-state index contributed by atoms with van der Waals surface area (Å²) in [6, 6.07) is 0.0834. The van der Waals surface area contributed by atoms with Gasteiger partial charge in [0.1, 0.15) is 4.90 Å². The molecule has 2 atom stereocenters. The summed E-state index contributed by atoms with van der Waals surface area (Å²) in [4.78, 5) is 0.351. The molecule has 1 saturated heterocycles. The van der Waals surface area contributed by atoms with Gasteiger partial charge < -0.3 is 5.32 Å². The van der Waals surface area contributed by atoms with Crippen LogP contribution in [0.1, 0.15) is 51.4 Å². The van der Waals surface area contributed by atoms with E-state index in [1.165, 1.54) is 0 Å². The van der Waals surface area contributed by atoms with Crippen molar-refractivity contribution < 1.29 is 8.42 Å². The topological polar surface area (TPSA) is 78.1 Å². The molecule has 1 aromatic rings. The fourth-order valence-electron chi connectivity index (χ4n) is 3.15. The van der Waals surface area contributed by atoms with Gasteiger partial charge in [-0.3, -0.25) is 5.10 Å². The van der Waals surface area contributed by atoms with Gasteiger partial charge in [-0.25, -0.2) is 8.42 Å². The second-order valence-electron chi connectivity index (χ2n) is 5.87. The molecular formula is C14H26N4O2S. The summed E-state index contributed by atoms with van der Waals surface area (Å²) in [5.41, 5.74) is 1.20. The van der Waals surface area contributed by atoms with Gasteiger partial charge in [0.2, 0.25) is 10.0 Å². The molecule has 1 aliphatic rings. The van der Waals surface area contributed by atoms with Gasteiger partial charge in [0.25, 0.3) is 0 Å². The van der Waals surface area contributed by atoms with Crippen LogP contribution < -0.4 is 5.32 Å². The zero-order valence-electron chi connectivity index (χ0n) is 13.3. The summed E-state index contributed by atoms with van der Waals surface area (Å²) in [6.45, 7) is 8.99. The Morgan fingerprint density at radius 1 is 1.33 bits per heavy atom. The maximum atomic E-state index is 13.1. The lowest BCUT2D eigenvalue weighted by atomic mass is 10.0. The minimum Gasteiger partial charge on any atom is -0.311 e. The second kappa shape index (κ2) is 6.46. The summed E-state index contributed by atoms with van der Waals surface area (Å²) >= 11 is 0. The largest absolute Gasteiger partial charge is 0.311 e. The van der Waals surface area contributed by atoms with E-state index in [9.17, 15) is 8.42 Å². The van der Waals surface area contributed by atoms with Crippen LogP contribution in [-0.4, -0.2) is 41.5 Å². The molecule has 1 fully saturated rings. The quantitative estimate of drug-likeness (QED) is 0.868. The van der Waals surface area contributed by atoms with Gasteiger partial charge >= 0.3 is 0 Å². The van der Waals surface area contributed by atoms with Crippen LogP contribution in [0.4, 0.5) is 0 Å². The van der Waals surface area contributed by atoms with E-state index >= 15 is 0 Å². The van der Waals surface area contributed by atoms with Crippen molar-refractivity contribution >= 4 is 10.0 Å². The van der Waals surface area contributed by atoms with E-state index in [1.807, 2.05) is 20.8 Å². The smallest absolute Gasteiger partial charge is 0.247 e. The minimum atomic E-state index is -3.51. The maximum absolute atomic E-state index is 13.1. The number of rotatable bonds is 5. The molecule has 21 heavy (non-hydrogen) atoms. The highest BCUT2D eigenvalue weighted by Crippen LogP contribution is 2.31. The van der Waals surface area contributed by atoms with E-state index in [1.54, 1.807) is 11.2 Å². The monoisotopic (exact) mass is 314 g/mol. The fourth-order valence-corrected chi connectivity index (χ4v) is 5.37. The molecule has 2 rings (SSSR count). The Bertz CT molecular complexity index is 572. The molecule has 120 valence electrons. The number of H-pyrrole nitrogens is 1. The normalized spacial score (nSPS) is 24.4. The Morgan fingerprint density at radius 3 is 2.52 bits per heavy atom. The van der Waals surface area contributed by atoms with E-state index in [2.05, 4.69) is 15.5 Å². The van der Waals surface area contributed by atoms with Gasteiger partial charge in [-0.15, -0.1) is 0 Å². The van der Waals surface area contributed by atoms with Crippen molar-refractivity contribution in [3.05, 3.63) is 11.4 Å². The molecule has 6 nitrogen and oxygen atoms in total. The molecule has 0 aromatic carbocycles. The molecule has 0 amide bonds. The van der Waals surface area contributed by atoms with Crippen LogP contribution >= 0.6 is 0 Å². The Balaban J connectivity index is 2.41. The zero-order chi connectivity index (χ0) is 15.6. The number of nitrogens with one attached hydrogen (secondary N) is 2. The number of aromatic amines is 1. The van der Waals surface area contributed by atoms with Crippen LogP contribution in [0, 0.1) is 6.92 Å². The fraction of sp³-hybridized carbons (Fsp3) is 0.786. The first-order chi connectivity index (χ1) is 9.89. The van der Waals surface area contributed by atoms with E-state index in [-0.39, 0.29) is 12.1 Å². The highest BCUT2D eigenvalue weighted by molar-refractivity contribution is 7.89. The lowest BCUT2D eigenvalue weighted by Gasteiger charge is -2.37. The first-order valence-corrected chi connectivity index (χ1v) is 9.11. The molecular weight excluding hydrogens is 288 g/mol. The van der Waals surface area contributed by atoms with Gasteiger partial charge in [0, 0.05) is 18.6 Å². The van der Waals surface area contributed by atoms with E-state index in [0.29, 0.717) is 22.8 Å². The molecule has 2 heterocycles. The van der Waals surface area contributed by atoms with E-state index in [0.717, 1.165) is 25.8 Å². The predicted molar refractivity (Wildman–Crippen MR) is 82.5 cm³/mol. The Hall–Kier alpha value is -0.920. The number of sulfonamides is 1. The lowest BCUT2D eigenvalue weighted by molar-refractivity contribution is 0.204. The summed E-state index contributed by atoms with van der Waals surface area (Å²) in [5.74, 6) is 0. The summed E-state index contributed by atoms with van der Waals surface area (Å²) in [6.07, 6.45) is 2.93. The highest BCUT2D eigenvalue weighted by Gasteiger charge is 2.38. The Kier molecular flexibility index (Phi) is 5.06. The van der Waals surface area contributed by atoms with Crippen LogP contribution in [0.2, 0.25) is 0 Å². The molecule has 1 aliphatic heterocycles. The molecule has 7 heteroatoms. The van der Waals surface area contributed by atoms with Crippen LogP contribution in [0.3, 0.4) is 0 Å². The number of hydrogen-bond donors (Lipinski definition) is 2. The van der Waals surface area contributed by atoms with Crippen molar-refractivity contribution in [2.24, 2.45) is 0 Å². The predicted octanol–water partition coefficient (Wildman–Crippen LogP) is 1.78. The van der Waals surface area contributed by atoms with Crippen molar-refractivity contribution in [3.63, 3.8) is 0 Å². The molecule has 0 saturated carbocycles. The van der Waals surface area contributed by atoms with Crippen molar-refractivity contribution in [1.29, 1.82) is 0 Å². The third-order valence-electron chi connectivity index (χ3n) is 4.15. The van der Waals surface area contributed by atoms with Crippen LogP contribution in [0.25, 0.3) is 0 Å². The first-order valence-electron chi connectivity index (χ1n) is 7.67. The Morgan fingerprint density at radius 2 is 1.95 bits per heavy atom. The van der Waals surface area contributed by atoms with Gasteiger partial charge in [0.05, 0.1) is 11.4 Å². The van der Waals surface area contributed by atoms with Crippen molar-refractivity contribution in [2.45, 2.75) is 70.5 Å². The van der Waals surface area contributed by atoms with E-state index in [4.69, 9.17) is 0 Å². The molecule has 2 unspecified atom stereocenters. The third kappa shape index (κ3) is 3.14. The number of hydrogen-bond acceptors (Lipinski definition) is 4. The molecule has 0 radical (unpaired) electrons. The lowest BCUT2D eigenvalue weighted by Crippen LogP contribution is -2.47. The number of aromatic nitrogens is 2. The molecule has 0 aliphatic carbocycles. The van der Waals surface area contributed by atoms with E-state index < -0.39 is 10.0 Å². The maximum Gasteiger partial charge on any atom is 0.247 e. The van der Waals surface area contributed by atoms with Crippen molar-refractivity contribution in [1.82, 2.24) is 19.8 Å². The summed E-state index contributed by atoms with van der Waals surface area (Å²) in [5, 5.41) is 10.1. The Labute approximate surface area is 127 Å². The number of aryl methyl sites for hydroxylation is 1. The SMILES string of the molecule is CCNCc1n[nH]c(C)c1S(=O)(=O)N1C(C)CCCC1C. The van der Waals surface area contributed by atoms with Crippen LogP contribution in [-0.2, 0) is 16.6 Å². The van der Waals surface area contributed by atoms with Crippen molar-refractivity contribution in [3.8, 4) is 0 Å². The van der Waals surface area contributed by atoms with Gasteiger partial charge in [-0.2, -0.15) is 9.40 Å². The van der Waals surface area contributed by atoms with Gasteiger partial charge in [-0.1, -0.05) is 13.3 Å². The van der Waals surface area contributed by atoms with Crippen molar-refractivity contribution in [2.75, 3.05) is 6.54 Å². The average Bonchev–Trinajstić information content (AvgIpc) is 2.77. The first kappa shape index (κ1) is 16.5. The average molecular weight is 314 g/mol. The van der Waals surface area contributed by atoms with Crippen LogP contribution in [0.5, 0.6) is 0 Å². The van der Waals surface area contributed by atoms with Crippen LogP contribution in [0.15, 0.2) is 4.90 Å².